The van der Waals surface area contributed by atoms with Gasteiger partial charge in [0.1, 0.15) is 0 Å². The first-order chi connectivity index (χ1) is 14.5. The average Bonchev–Trinajstić information content (AvgIpc) is 3.28. The van der Waals surface area contributed by atoms with Crippen molar-refractivity contribution in [1.82, 2.24) is 15.4 Å². The minimum atomic E-state index is -3.53. The predicted octanol–water partition coefficient (Wildman–Crippen LogP) is 0.862. The summed E-state index contributed by atoms with van der Waals surface area (Å²) in [5.74, 6) is 0.682. The van der Waals surface area contributed by atoms with Crippen molar-refractivity contribution in [2.24, 2.45) is 4.99 Å². The van der Waals surface area contributed by atoms with Crippen molar-refractivity contribution in [2.45, 2.75) is 36.8 Å². The summed E-state index contributed by atoms with van der Waals surface area (Å²) in [7, 11) is -0.173. The van der Waals surface area contributed by atoms with Crippen LogP contribution in [-0.2, 0) is 30.8 Å². The number of benzene rings is 1. The lowest BCUT2D eigenvalue weighted by Gasteiger charge is -2.13. The van der Waals surface area contributed by atoms with E-state index in [1.54, 1.807) is 38.4 Å². The first-order valence-electron chi connectivity index (χ1n) is 10.3. The van der Waals surface area contributed by atoms with E-state index in [9.17, 15) is 8.42 Å². The number of aliphatic imine (C=N–C) groups is 1. The summed E-state index contributed by atoms with van der Waals surface area (Å²) < 4.78 is 43.3. The standard InChI is InChI=1S/C20H34N4O5S/c1-21-20(22-10-4-11-28-14-13-27-2)23-15-17-6-8-19(9-7-17)30(25,26)24-16-18-5-3-12-29-18/h6-9,18,24H,3-5,10-16H2,1-2H3,(H2,21,22,23). The summed E-state index contributed by atoms with van der Waals surface area (Å²) in [6.07, 6.45) is 2.70. The molecule has 1 aromatic rings. The number of nitrogens with one attached hydrogen (secondary N) is 3. The van der Waals surface area contributed by atoms with E-state index in [1.165, 1.54) is 0 Å². The van der Waals surface area contributed by atoms with E-state index in [-0.39, 0.29) is 11.0 Å². The molecule has 0 radical (unpaired) electrons. The van der Waals surface area contributed by atoms with Gasteiger partial charge in [-0.05, 0) is 37.0 Å². The zero-order valence-corrected chi connectivity index (χ0v) is 18.7. The van der Waals surface area contributed by atoms with Gasteiger partial charge in [-0.2, -0.15) is 0 Å². The van der Waals surface area contributed by atoms with Crippen LogP contribution in [0.4, 0.5) is 0 Å². The Kier molecular flexibility index (Phi) is 11.1. The smallest absolute Gasteiger partial charge is 0.240 e. The Morgan fingerprint density at radius 2 is 2.00 bits per heavy atom. The lowest BCUT2D eigenvalue weighted by molar-refractivity contribution is 0.0698. The number of hydrogen-bond donors (Lipinski definition) is 3. The first kappa shape index (κ1) is 24.5. The second kappa shape index (κ2) is 13.6. The molecule has 0 aromatic heterocycles. The summed E-state index contributed by atoms with van der Waals surface area (Å²) in [4.78, 5) is 4.44. The molecule has 3 N–H and O–H groups in total. The fourth-order valence-electron chi connectivity index (χ4n) is 2.91. The monoisotopic (exact) mass is 442 g/mol. The topological polar surface area (TPSA) is 110 Å². The molecule has 1 aromatic carbocycles. The molecule has 2 rings (SSSR count). The summed E-state index contributed by atoms with van der Waals surface area (Å²) in [5.41, 5.74) is 0.957. The molecule has 0 saturated carbocycles. The average molecular weight is 443 g/mol. The van der Waals surface area contributed by atoms with Crippen LogP contribution in [0.25, 0.3) is 0 Å². The molecule has 30 heavy (non-hydrogen) atoms. The SMILES string of the molecule is CN=C(NCCCOCCOC)NCc1ccc(S(=O)(=O)NCC2CCCO2)cc1. The fraction of sp³-hybridized carbons (Fsp3) is 0.650. The number of rotatable bonds is 13. The van der Waals surface area contributed by atoms with Crippen LogP contribution >= 0.6 is 0 Å². The normalized spacial score (nSPS) is 17.3. The van der Waals surface area contributed by atoms with Crippen LogP contribution in [0, 0.1) is 0 Å². The van der Waals surface area contributed by atoms with Crippen LogP contribution < -0.4 is 15.4 Å². The van der Waals surface area contributed by atoms with Crippen LogP contribution in [0.5, 0.6) is 0 Å². The minimum Gasteiger partial charge on any atom is -0.382 e. The van der Waals surface area contributed by atoms with E-state index in [0.717, 1.165) is 31.4 Å². The minimum absolute atomic E-state index is 0.0283. The Bertz CT molecular complexity index is 734. The van der Waals surface area contributed by atoms with Gasteiger partial charge in [0.05, 0.1) is 24.2 Å². The molecule has 1 atom stereocenters. The zero-order valence-electron chi connectivity index (χ0n) is 17.9. The van der Waals surface area contributed by atoms with Crippen LogP contribution in [0.2, 0.25) is 0 Å². The molecule has 0 amide bonds. The maximum Gasteiger partial charge on any atom is 0.240 e. The quantitative estimate of drug-likeness (QED) is 0.236. The van der Waals surface area contributed by atoms with Gasteiger partial charge in [0, 0.05) is 47.0 Å². The molecule has 0 spiro atoms. The van der Waals surface area contributed by atoms with Crippen LogP contribution in [0.15, 0.2) is 34.2 Å². The predicted molar refractivity (Wildman–Crippen MR) is 116 cm³/mol. The van der Waals surface area contributed by atoms with Gasteiger partial charge in [0.2, 0.25) is 10.0 Å². The Labute approximate surface area is 179 Å². The summed E-state index contributed by atoms with van der Waals surface area (Å²) in [6.45, 7) is 4.14. The van der Waals surface area contributed by atoms with E-state index in [1.807, 2.05) is 0 Å². The maximum atomic E-state index is 12.4. The number of guanidine groups is 1. The lowest BCUT2D eigenvalue weighted by Crippen LogP contribution is -2.37. The molecule has 1 unspecified atom stereocenters. The third kappa shape index (κ3) is 8.97. The molecule has 1 aliphatic heterocycles. The molecule has 1 heterocycles. The molecule has 1 fully saturated rings. The molecular weight excluding hydrogens is 408 g/mol. The zero-order chi connectivity index (χ0) is 21.7. The highest BCUT2D eigenvalue weighted by molar-refractivity contribution is 7.89. The Hall–Kier alpha value is -1.72. The molecular formula is C20H34N4O5S. The molecule has 10 heteroatoms. The van der Waals surface area contributed by atoms with Crippen molar-refractivity contribution >= 4 is 16.0 Å². The largest absolute Gasteiger partial charge is 0.382 e. The second-order valence-corrected chi connectivity index (χ2v) is 8.71. The molecule has 9 nitrogen and oxygen atoms in total. The van der Waals surface area contributed by atoms with Gasteiger partial charge in [0.15, 0.2) is 5.96 Å². The van der Waals surface area contributed by atoms with Crippen LogP contribution in [0.3, 0.4) is 0 Å². The van der Waals surface area contributed by atoms with Crippen molar-refractivity contribution in [3.63, 3.8) is 0 Å². The van der Waals surface area contributed by atoms with Gasteiger partial charge in [0.25, 0.3) is 0 Å². The Morgan fingerprint density at radius 3 is 2.67 bits per heavy atom. The molecule has 1 saturated heterocycles. The van der Waals surface area contributed by atoms with E-state index >= 15 is 0 Å². The van der Waals surface area contributed by atoms with E-state index in [4.69, 9.17) is 14.2 Å². The molecule has 1 aliphatic rings. The number of nitrogens with zero attached hydrogens (tertiary/aromatic N) is 1. The third-order valence-corrected chi connectivity index (χ3v) is 6.07. The van der Waals surface area contributed by atoms with E-state index in [0.29, 0.717) is 45.5 Å². The van der Waals surface area contributed by atoms with Gasteiger partial charge < -0.3 is 24.8 Å². The van der Waals surface area contributed by atoms with Gasteiger partial charge in [-0.15, -0.1) is 0 Å². The van der Waals surface area contributed by atoms with Crippen LogP contribution in [0.1, 0.15) is 24.8 Å². The number of methoxy groups -OCH3 is 1. The van der Waals surface area contributed by atoms with Gasteiger partial charge >= 0.3 is 0 Å². The van der Waals surface area contributed by atoms with Gasteiger partial charge in [-0.3, -0.25) is 4.99 Å². The van der Waals surface area contributed by atoms with Crippen molar-refractivity contribution in [1.29, 1.82) is 0 Å². The Morgan fingerprint density at radius 1 is 1.20 bits per heavy atom. The highest BCUT2D eigenvalue weighted by Crippen LogP contribution is 2.14. The molecule has 0 bridgehead atoms. The van der Waals surface area contributed by atoms with Crippen molar-refractivity contribution in [3.05, 3.63) is 29.8 Å². The van der Waals surface area contributed by atoms with Crippen molar-refractivity contribution < 1.29 is 22.6 Å². The summed E-state index contributed by atoms with van der Waals surface area (Å²) in [6, 6.07) is 6.82. The number of ether oxygens (including phenoxy) is 3. The number of sulfonamides is 1. The highest BCUT2D eigenvalue weighted by atomic mass is 32.2. The summed E-state index contributed by atoms with van der Waals surface area (Å²) in [5, 5.41) is 6.43. The van der Waals surface area contributed by atoms with Gasteiger partial charge in [-0.1, -0.05) is 12.1 Å². The van der Waals surface area contributed by atoms with Gasteiger partial charge in [-0.25, -0.2) is 13.1 Å². The van der Waals surface area contributed by atoms with Crippen LogP contribution in [-0.4, -0.2) is 74.2 Å². The molecule has 170 valence electrons. The van der Waals surface area contributed by atoms with E-state index < -0.39 is 10.0 Å². The third-order valence-electron chi connectivity index (χ3n) is 4.63. The second-order valence-electron chi connectivity index (χ2n) is 6.94. The van der Waals surface area contributed by atoms with Crippen molar-refractivity contribution in [2.75, 3.05) is 53.7 Å². The maximum absolute atomic E-state index is 12.4. The van der Waals surface area contributed by atoms with Crippen molar-refractivity contribution in [3.8, 4) is 0 Å². The molecule has 0 aliphatic carbocycles. The summed E-state index contributed by atoms with van der Waals surface area (Å²) >= 11 is 0. The number of hydrogen-bond acceptors (Lipinski definition) is 6. The Balaban J connectivity index is 1.71. The fourth-order valence-corrected chi connectivity index (χ4v) is 3.98. The highest BCUT2D eigenvalue weighted by Gasteiger charge is 2.20. The lowest BCUT2D eigenvalue weighted by atomic mass is 10.2. The van der Waals surface area contributed by atoms with E-state index in [2.05, 4.69) is 20.3 Å². The first-order valence-corrected chi connectivity index (χ1v) is 11.7.